The van der Waals surface area contributed by atoms with Crippen molar-refractivity contribution in [3.05, 3.63) is 36.5 Å². The molecule has 0 saturated carbocycles. The first kappa shape index (κ1) is 14.3. The van der Waals surface area contributed by atoms with Gasteiger partial charge in [-0.3, -0.25) is 9.78 Å². The minimum Gasteiger partial charge on any atom is -0.493 e. The van der Waals surface area contributed by atoms with Crippen molar-refractivity contribution in [2.75, 3.05) is 6.61 Å². The molecule has 2 aromatic rings. The fourth-order valence-electron chi connectivity index (χ4n) is 2.00. The molecule has 0 radical (unpaired) electrons. The molecule has 1 aromatic carbocycles. The molecule has 1 heterocycles. The predicted molar refractivity (Wildman–Crippen MR) is 77.9 cm³/mol. The second-order valence-corrected chi connectivity index (χ2v) is 5.47. The lowest BCUT2D eigenvalue weighted by atomic mass is 9.88. The minimum atomic E-state index is -0.771. The summed E-state index contributed by atoms with van der Waals surface area (Å²) in [5.74, 6) is 0.0237. The molecule has 0 atom stereocenters. The van der Waals surface area contributed by atoms with Gasteiger partial charge < -0.3 is 9.84 Å². The molecule has 0 saturated heterocycles. The van der Waals surface area contributed by atoms with E-state index in [1.807, 2.05) is 30.3 Å². The average molecular weight is 273 g/mol. The van der Waals surface area contributed by atoms with Crippen molar-refractivity contribution in [3.63, 3.8) is 0 Å². The van der Waals surface area contributed by atoms with Crippen LogP contribution >= 0.6 is 0 Å². The molecule has 4 nitrogen and oxygen atoms in total. The molecule has 0 amide bonds. The largest absolute Gasteiger partial charge is 0.493 e. The molecule has 106 valence electrons. The number of hydrogen-bond donors (Lipinski definition) is 1. The summed E-state index contributed by atoms with van der Waals surface area (Å²) in [7, 11) is 0. The molecule has 20 heavy (non-hydrogen) atoms. The van der Waals surface area contributed by atoms with E-state index in [9.17, 15) is 4.79 Å². The van der Waals surface area contributed by atoms with Crippen LogP contribution in [0.4, 0.5) is 0 Å². The molecule has 1 N–H and O–H groups in total. The van der Waals surface area contributed by atoms with E-state index in [2.05, 4.69) is 4.98 Å². The number of aliphatic carboxylic acids is 1. The maximum absolute atomic E-state index is 11.0. The zero-order chi connectivity index (χ0) is 14.6. The highest BCUT2D eigenvalue weighted by Crippen LogP contribution is 2.25. The van der Waals surface area contributed by atoms with Crippen LogP contribution in [0, 0.1) is 5.41 Å². The molecule has 0 aliphatic carbocycles. The van der Waals surface area contributed by atoms with Crippen LogP contribution in [-0.2, 0) is 4.79 Å². The number of nitrogens with zero attached hydrogens (tertiary/aromatic N) is 1. The first-order valence-electron chi connectivity index (χ1n) is 6.71. The van der Waals surface area contributed by atoms with Crippen LogP contribution in [0.2, 0.25) is 0 Å². The zero-order valence-electron chi connectivity index (χ0n) is 11.8. The lowest BCUT2D eigenvalue weighted by molar-refractivity contribution is -0.147. The Kier molecular flexibility index (Phi) is 4.23. The zero-order valence-corrected chi connectivity index (χ0v) is 11.8. The third-order valence-corrected chi connectivity index (χ3v) is 3.39. The van der Waals surface area contributed by atoms with Crippen molar-refractivity contribution in [2.45, 2.75) is 26.7 Å². The summed E-state index contributed by atoms with van der Waals surface area (Å²) >= 11 is 0. The standard InChI is InChI=1S/C16H19NO3/c1-16(2,15(18)19)9-5-11-20-14-8-3-7-13-12(14)6-4-10-17-13/h3-4,6-8,10H,5,9,11H2,1-2H3,(H,18,19). The number of pyridine rings is 1. The average Bonchev–Trinajstić information content (AvgIpc) is 2.43. The third kappa shape index (κ3) is 3.26. The van der Waals surface area contributed by atoms with Crippen LogP contribution in [0.3, 0.4) is 0 Å². The number of carboxylic acid groups (broad SMARTS) is 1. The third-order valence-electron chi connectivity index (χ3n) is 3.39. The highest BCUT2D eigenvalue weighted by atomic mass is 16.5. The minimum absolute atomic E-state index is 0.505. The molecular weight excluding hydrogens is 254 g/mol. The van der Waals surface area contributed by atoms with Crippen molar-refractivity contribution in [3.8, 4) is 5.75 Å². The summed E-state index contributed by atoms with van der Waals surface area (Å²) in [6.07, 6.45) is 3.04. The summed E-state index contributed by atoms with van der Waals surface area (Å²) in [5.41, 5.74) is 0.194. The van der Waals surface area contributed by atoms with Gasteiger partial charge in [0.1, 0.15) is 5.75 Å². The van der Waals surface area contributed by atoms with E-state index in [1.165, 1.54) is 0 Å². The van der Waals surface area contributed by atoms with E-state index in [0.29, 0.717) is 19.4 Å². The van der Waals surface area contributed by atoms with Gasteiger partial charge in [0.25, 0.3) is 0 Å². The van der Waals surface area contributed by atoms with Crippen molar-refractivity contribution >= 4 is 16.9 Å². The van der Waals surface area contributed by atoms with E-state index in [0.717, 1.165) is 16.7 Å². The predicted octanol–water partition coefficient (Wildman–Crippen LogP) is 3.50. The molecule has 0 spiro atoms. The van der Waals surface area contributed by atoms with Crippen LogP contribution in [0.5, 0.6) is 5.75 Å². The lowest BCUT2D eigenvalue weighted by Gasteiger charge is -2.18. The Labute approximate surface area is 118 Å². The molecule has 0 unspecified atom stereocenters. The van der Waals surface area contributed by atoms with Crippen molar-refractivity contribution in [1.29, 1.82) is 0 Å². The number of carbonyl (C=O) groups is 1. The molecule has 2 rings (SSSR count). The fraction of sp³-hybridized carbons (Fsp3) is 0.375. The summed E-state index contributed by atoms with van der Waals surface area (Å²) in [5, 5.41) is 10.0. The topological polar surface area (TPSA) is 59.4 Å². The van der Waals surface area contributed by atoms with Crippen molar-refractivity contribution < 1.29 is 14.6 Å². The fourth-order valence-corrected chi connectivity index (χ4v) is 2.00. The van der Waals surface area contributed by atoms with Gasteiger partial charge in [0, 0.05) is 11.6 Å². The van der Waals surface area contributed by atoms with Gasteiger partial charge in [-0.1, -0.05) is 6.07 Å². The first-order chi connectivity index (χ1) is 9.50. The van der Waals surface area contributed by atoms with E-state index in [1.54, 1.807) is 20.0 Å². The number of rotatable bonds is 6. The normalized spacial score (nSPS) is 11.5. The van der Waals surface area contributed by atoms with Gasteiger partial charge in [0.15, 0.2) is 0 Å². The Balaban J connectivity index is 1.95. The molecule has 1 aromatic heterocycles. The number of carboxylic acids is 1. The van der Waals surface area contributed by atoms with Gasteiger partial charge in [0.2, 0.25) is 0 Å². The Morgan fingerprint density at radius 1 is 1.30 bits per heavy atom. The first-order valence-corrected chi connectivity index (χ1v) is 6.71. The number of benzene rings is 1. The molecule has 0 fully saturated rings. The van der Waals surface area contributed by atoms with Gasteiger partial charge in [-0.05, 0) is 51.0 Å². The Hall–Kier alpha value is -2.10. The van der Waals surface area contributed by atoms with E-state index >= 15 is 0 Å². The quantitative estimate of drug-likeness (QED) is 0.818. The summed E-state index contributed by atoms with van der Waals surface area (Å²) < 4.78 is 5.76. The number of ether oxygens (including phenoxy) is 1. The highest BCUT2D eigenvalue weighted by Gasteiger charge is 2.26. The molecule has 0 aliphatic rings. The van der Waals surface area contributed by atoms with Gasteiger partial charge in [-0.25, -0.2) is 0 Å². The monoisotopic (exact) mass is 273 g/mol. The summed E-state index contributed by atoms with van der Waals surface area (Å²) in [6, 6.07) is 9.61. The van der Waals surface area contributed by atoms with Crippen LogP contribution in [0.25, 0.3) is 10.9 Å². The second-order valence-electron chi connectivity index (χ2n) is 5.47. The Morgan fingerprint density at radius 2 is 2.10 bits per heavy atom. The number of hydrogen-bond acceptors (Lipinski definition) is 3. The smallest absolute Gasteiger partial charge is 0.309 e. The van der Waals surface area contributed by atoms with Crippen LogP contribution in [0.1, 0.15) is 26.7 Å². The van der Waals surface area contributed by atoms with Gasteiger partial charge in [-0.15, -0.1) is 0 Å². The second kappa shape index (κ2) is 5.90. The Morgan fingerprint density at radius 3 is 2.85 bits per heavy atom. The number of aromatic nitrogens is 1. The van der Waals surface area contributed by atoms with Crippen LogP contribution in [0.15, 0.2) is 36.5 Å². The summed E-state index contributed by atoms with van der Waals surface area (Å²) in [6.45, 7) is 3.97. The molecule has 0 aliphatic heterocycles. The molecule has 0 bridgehead atoms. The maximum atomic E-state index is 11.0. The number of fused-ring (bicyclic) bond motifs is 1. The molecule has 4 heteroatoms. The van der Waals surface area contributed by atoms with Crippen molar-refractivity contribution in [1.82, 2.24) is 4.98 Å². The van der Waals surface area contributed by atoms with Crippen LogP contribution in [-0.4, -0.2) is 22.7 Å². The van der Waals surface area contributed by atoms with Gasteiger partial charge in [-0.2, -0.15) is 0 Å². The van der Waals surface area contributed by atoms with E-state index < -0.39 is 11.4 Å². The Bertz CT molecular complexity index is 602. The van der Waals surface area contributed by atoms with Gasteiger partial charge in [0.05, 0.1) is 17.5 Å². The molecular formula is C16H19NO3. The van der Waals surface area contributed by atoms with E-state index in [-0.39, 0.29) is 0 Å². The van der Waals surface area contributed by atoms with Crippen LogP contribution < -0.4 is 4.74 Å². The SMILES string of the molecule is CC(C)(CCCOc1cccc2ncccc12)C(=O)O. The lowest BCUT2D eigenvalue weighted by Crippen LogP contribution is -2.24. The van der Waals surface area contributed by atoms with Crippen molar-refractivity contribution in [2.24, 2.45) is 5.41 Å². The van der Waals surface area contributed by atoms with Gasteiger partial charge >= 0.3 is 5.97 Å². The maximum Gasteiger partial charge on any atom is 0.309 e. The van der Waals surface area contributed by atoms with E-state index in [4.69, 9.17) is 9.84 Å². The summed E-state index contributed by atoms with van der Waals surface area (Å²) in [4.78, 5) is 15.3. The highest BCUT2D eigenvalue weighted by molar-refractivity contribution is 5.84.